The first-order valence-corrected chi connectivity index (χ1v) is 14.9. The number of likely N-dealkylation sites (N-methyl/N-ethyl adjacent to an activating group) is 1. The third kappa shape index (κ3) is 4.56. The molecule has 246 valence electrons. The van der Waals surface area contributed by atoms with Crippen LogP contribution in [0.2, 0.25) is 0 Å². The number of carbonyl (C=O) groups is 4. The Morgan fingerprint density at radius 2 is 1.87 bits per heavy atom. The molecule has 3 aliphatic carbocycles. The number of aliphatic hydroxyl groups excluding tert-OH is 2. The Hall–Kier alpha value is -5.28. The van der Waals surface area contributed by atoms with Crippen LogP contribution in [0.15, 0.2) is 47.1 Å². The smallest absolute Gasteiger partial charge is 0.255 e. The van der Waals surface area contributed by atoms with Crippen molar-refractivity contribution >= 4 is 45.9 Å². The lowest BCUT2D eigenvalue weighted by Gasteiger charge is -2.50. The van der Waals surface area contributed by atoms with Crippen LogP contribution in [0.4, 0.5) is 11.4 Å². The minimum Gasteiger partial charge on any atom is -0.510 e. The number of aromatic hydroxyl groups is 1. The number of Topliss-reactive ketones (excluding diaryl/α,β-unsaturated/α-hetero) is 2. The molecule has 2 aromatic heterocycles. The van der Waals surface area contributed by atoms with Gasteiger partial charge in [-0.25, -0.2) is 9.97 Å². The van der Waals surface area contributed by atoms with E-state index in [2.05, 4.69) is 15.3 Å². The number of pyridine rings is 1. The molecule has 3 aliphatic rings. The molecule has 2 amide bonds. The summed E-state index contributed by atoms with van der Waals surface area (Å²) in [6, 6.07) is 3.95. The van der Waals surface area contributed by atoms with Crippen molar-refractivity contribution in [2.24, 2.45) is 24.6 Å². The third-order valence-corrected chi connectivity index (χ3v) is 9.49. The molecule has 6 rings (SSSR count). The molecule has 0 fully saturated rings. The first-order chi connectivity index (χ1) is 22.1. The van der Waals surface area contributed by atoms with Crippen molar-refractivity contribution in [2.75, 3.05) is 38.4 Å². The quantitative estimate of drug-likeness (QED) is 0.161. The molecule has 0 bridgehead atoms. The number of nitrogens with two attached hydrogens (primary N) is 1. The van der Waals surface area contributed by atoms with Crippen molar-refractivity contribution in [3.05, 3.63) is 64.0 Å². The van der Waals surface area contributed by atoms with Crippen LogP contribution in [-0.4, -0.2) is 103 Å². The molecule has 0 saturated carbocycles. The van der Waals surface area contributed by atoms with E-state index >= 15 is 0 Å². The van der Waals surface area contributed by atoms with Gasteiger partial charge in [0.15, 0.2) is 22.8 Å². The van der Waals surface area contributed by atoms with Gasteiger partial charge in [-0.1, -0.05) is 0 Å². The molecule has 3 aromatic rings. The second-order valence-corrected chi connectivity index (χ2v) is 12.7. The lowest BCUT2D eigenvalue weighted by molar-refractivity contribution is -0.148. The Morgan fingerprint density at radius 1 is 1.17 bits per heavy atom. The highest BCUT2D eigenvalue weighted by molar-refractivity contribution is 6.25. The summed E-state index contributed by atoms with van der Waals surface area (Å²) in [5, 5.41) is 48.5. The summed E-state index contributed by atoms with van der Waals surface area (Å²) in [6.07, 6.45) is 1.51. The highest BCUT2D eigenvalue weighted by Crippen LogP contribution is 2.54. The van der Waals surface area contributed by atoms with E-state index in [0.717, 1.165) is 0 Å². The second kappa shape index (κ2) is 10.9. The van der Waals surface area contributed by atoms with E-state index in [0.29, 0.717) is 28.2 Å². The Bertz CT molecular complexity index is 1980. The number of anilines is 2. The number of ketones is 2. The summed E-state index contributed by atoms with van der Waals surface area (Å²) in [7, 11) is 8.32. The Morgan fingerprint density at radius 3 is 2.49 bits per heavy atom. The van der Waals surface area contributed by atoms with Crippen molar-refractivity contribution in [1.29, 1.82) is 0 Å². The fraction of sp³-hybridized carbons (Fsp3) is 0.375. The van der Waals surface area contributed by atoms with Gasteiger partial charge in [0.2, 0.25) is 11.7 Å². The summed E-state index contributed by atoms with van der Waals surface area (Å²) < 4.78 is 1.68. The maximum Gasteiger partial charge on any atom is 0.255 e. The largest absolute Gasteiger partial charge is 0.510 e. The van der Waals surface area contributed by atoms with Gasteiger partial charge in [-0.05, 0) is 56.6 Å². The lowest BCUT2D eigenvalue weighted by atomic mass is 9.58. The number of phenolic OH excluding ortho intramolecular Hbond substituents is 1. The van der Waals surface area contributed by atoms with Crippen LogP contribution in [0, 0.1) is 11.8 Å². The fourth-order valence-corrected chi connectivity index (χ4v) is 7.36. The fourth-order valence-electron chi connectivity index (χ4n) is 7.36. The van der Waals surface area contributed by atoms with Crippen molar-refractivity contribution < 1.29 is 39.6 Å². The molecule has 0 radical (unpaired) electrons. The number of aryl methyl sites for hydroxylation is 1. The van der Waals surface area contributed by atoms with Crippen LogP contribution < -0.4 is 16.0 Å². The lowest BCUT2D eigenvalue weighted by Crippen LogP contribution is -2.63. The monoisotopic (exact) mass is 645 g/mol. The molecule has 15 nitrogen and oxygen atoms in total. The molecule has 7 N–H and O–H groups in total. The van der Waals surface area contributed by atoms with Crippen molar-refractivity contribution in [3.63, 3.8) is 0 Å². The number of hydrogen-bond donors (Lipinski definition) is 6. The van der Waals surface area contributed by atoms with E-state index in [1.54, 1.807) is 69.1 Å². The van der Waals surface area contributed by atoms with Crippen molar-refractivity contribution in [3.8, 4) is 5.75 Å². The molecule has 2 heterocycles. The number of carbonyl (C=O) groups excluding carboxylic acids is 4. The molecule has 4 atom stereocenters. The summed E-state index contributed by atoms with van der Waals surface area (Å²) >= 11 is 0. The predicted octanol–water partition coefficient (Wildman–Crippen LogP) is 0.650. The van der Waals surface area contributed by atoms with Gasteiger partial charge in [-0.3, -0.25) is 24.1 Å². The van der Waals surface area contributed by atoms with Crippen LogP contribution in [-0.2, 0) is 34.3 Å². The minimum absolute atomic E-state index is 0.0369. The SMILES string of the molecule is CN(C)c1cc(NC(=O)Cc2nc3cccnc3n2C)c(O)c2c1CC1CC3[C@@H](N(C)C)C(O)=C(C(N)=O)C(=O)[C@]3(O)C(O)=C1C2=O. The first kappa shape index (κ1) is 31.7. The van der Waals surface area contributed by atoms with E-state index in [-0.39, 0.29) is 36.1 Å². The number of benzene rings is 1. The number of fused-ring (bicyclic) bond motifs is 4. The van der Waals surface area contributed by atoms with E-state index < -0.39 is 69.7 Å². The normalized spacial score (nSPS) is 23.9. The van der Waals surface area contributed by atoms with Crippen LogP contribution in [0.25, 0.3) is 11.2 Å². The van der Waals surface area contributed by atoms with Gasteiger partial charge in [0, 0.05) is 44.5 Å². The number of nitrogens with one attached hydrogen (secondary N) is 1. The summed E-state index contributed by atoms with van der Waals surface area (Å²) in [4.78, 5) is 65.2. The Labute approximate surface area is 268 Å². The van der Waals surface area contributed by atoms with Gasteiger partial charge in [0.1, 0.15) is 28.4 Å². The zero-order chi connectivity index (χ0) is 34.3. The predicted molar refractivity (Wildman–Crippen MR) is 169 cm³/mol. The molecule has 0 spiro atoms. The highest BCUT2D eigenvalue weighted by Gasteiger charge is 2.63. The van der Waals surface area contributed by atoms with Crippen LogP contribution in [0.1, 0.15) is 28.2 Å². The third-order valence-electron chi connectivity index (χ3n) is 9.49. The molecule has 0 saturated heterocycles. The summed E-state index contributed by atoms with van der Waals surface area (Å²) in [5.41, 5.74) is 3.35. The van der Waals surface area contributed by atoms with Crippen LogP contribution in [0.5, 0.6) is 5.75 Å². The molecule has 2 unspecified atom stereocenters. The maximum atomic E-state index is 14.2. The number of allylic oxidation sites excluding steroid dienone is 1. The van der Waals surface area contributed by atoms with Crippen LogP contribution >= 0.6 is 0 Å². The van der Waals surface area contributed by atoms with E-state index in [4.69, 9.17) is 5.73 Å². The number of hydrogen-bond acceptors (Lipinski definition) is 12. The zero-order valence-corrected chi connectivity index (χ0v) is 26.4. The molecular weight excluding hydrogens is 610 g/mol. The topological polar surface area (TPSA) is 224 Å². The van der Waals surface area contributed by atoms with Crippen LogP contribution in [0.3, 0.4) is 0 Å². The van der Waals surface area contributed by atoms with Gasteiger partial charge < -0.3 is 40.9 Å². The van der Waals surface area contributed by atoms with E-state index in [1.807, 2.05) is 0 Å². The molecular formula is C32H35N7O8. The molecule has 47 heavy (non-hydrogen) atoms. The highest BCUT2D eigenvalue weighted by atomic mass is 16.3. The van der Waals surface area contributed by atoms with Gasteiger partial charge in [-0.15, -0.1) is 0 Å². The Kier molecular flexibility index (Phi) is 7.36. The number of imidazole rings is 1. The second-order valence-electron chi connectivity index (χ2n) is 12.7. The number of primary amides is 1. The van der Waals surface area contributed by atoms with Crippen molar-refractivity contribution in [1.82, 2.24) is 19.4 Å². The first-order valence-electron chi connectivity index (χ1n) is 14.9. The number of nitrogens with zero attached hydrogens (tertiary/aromatic N) is 5. The number of aliphatic hydroxyl groups is 3. The minimum atomic E-state index is -2.75. The standard InChI is InChI=1S/C32H35N7O8/c1-37(2)18-11-17(36-20(40)12-19-35-16-7-6-8-34-31(16)39(19)5)25(41)22-14(18)9-13-10-15-24(38(3)4)27(43)23(30(33)46)29(45)32(15,47)28(44)21(13)26(22)42/h6-8,11,13,15,24,41,43-44,47H,9-10,12H2,1-5H3,(H2,33,46)(H,36,40)/t13?,15?,24-,32-/m1/s1. The number of aromatic nitrogens is 3. The van der Waals surface area contributed by atoms with E-state index in [9.17, 15) is 39.6 Å². The summed E-state index contributed by atoms with van der Waals surface area (Å²) in [6.45, 7) is 0. The van der Waals surface area contributed by atoms with Gasteiger partial charge in [-0.2, -0.15) is 0 Å². The van der Waals surface area contributed by atoms with E-state index in [1.165, 1.54) is 4.90 Å². The molecule has 15 heteroatoms. The summed E-state index contributed by atoms with van der Waals surface area (Å²) in [5.74, 6) is -7.60. The average molecular weight is 646 g/mol. The number of rotatable bonds is 6. The average Bonchev–Trinajstić information content (AvgIpc) is 3.30. The zero-order valence-electron chi connectivity index (χ0n) is 26.4. The Balaban J connectivity index is 1.43. The number of amides is 2. The van der Waals surface area contributed by atoms with Gasteiger partial charge in [0.25, 0.3) is 5.91 Å². The number of phenols is 1. The van der Waals surface area contributed by atoms with Crippen molar-refractivity contribution in [2.45, 2.75) is 30.9 Å². The maximum absolute atomic E-state index is 14.2. The molecule has 1 aromatic carbocycles. The van der Waals surface area contributed by atoms with Gasteiger partial charge in [0.05, 0.1) is 23.7 Å². The van der Waals surface area contributed by atoms with Gasteiger partial charge >= 0.3 is 0 Å². The molecule has 0 aliphatic heterocycles.